The van der Waals surface area contributed by atoms with Gasteiger partial charge in [0.15, 0.2) is 0 Å². The van der Waals surface area contributed by atoms with Gasteiger partial charge in [0.25, 0.3) is 0 Å². The number of aromatic nitrogens is 2. The fraction of sp³-hybridized carbons (Fsp3) is 0.692. The number of aliphatic hydroxyl groups excluding tert-OH is 1. The highest BCUT2D eigenvalue weighted by Crippen LogP contribution is 2.18. The first-order valence-corrected chi connectivity index (χ1v) is 6.51. The maximum absolute atomic E-state index is 9.03. The van der Waals surface area contributed by atoms with Gasteiger partial charge in [-0.2, -0.15) is 0 Å². The lowest BCUT2D eigenvalue weighted by atomic mass is 10.0. The number of aliphatic hydroxyl groups is 1. The molecule has 0 aliphatic rings. The van der Waals surface area contributed by atoms with Gasteiger partial charge in [0.05, 0.1) is 0 Å². The summed E-state index contributed by atoms with van der Waals surface area (Å²) < 4.78 is 0. The third-order valence-corrected chi connectivity index (χ3v) is 2.65. The molecule has 0 aliphatic carbocycles. The van der Waals surface area contributed by atoms with Crippen molar-refractivity contribution < 1.29 is 5.11 Å². The summed E-state index contributed by atoms with van der Waals surface area (Å²) >= 11 is 0. The Morgan fingerprint density at radius 2 is 1.89 bits per heavy atom. The second kappa shape index (κ2) is 6.54. The molecule has 1 aromatic heterocycles. The van der Waals surface area contributed by atoms with E-state index in [-0.39, 0.29) is 12.1 Å². The van der Waals surface area contributed by atoms with Gasteiger partial charge in [-0.1, -0.05) is 6.92 Å². The highest BCUT2D eigenvalue weighted by atomic mass is 16.3. The number of aryl methyl sites for hydroxylation is 1. The Morgan fingerprint density at radius 3 is 2.44 bits per heavy atom. The maximum Gasteiger partial charge on any atom is 0.132 e. The highest BCUT2D eigenvalue weighted by Gasteiger charge is 2.17. The molecule has 0 atom stereocenters. The van der Waals surface area contributed by atoms with Gasteiger partial charge in [0.1, 0.15) is 17.5 Å². The van der Waals surface area contributed by atoms with Crippen LogP contribution in [-0.2, 0) is 6.42 Å². The monoisotopic (exact) mass is 252 g/mol. The van der Waals surface area contributed by atoms with Crippen LogP contribution in [0.4, 0.5) is 11.6 Å². The van der Waals surface area contributed by atoms with E-state index < -0.39 is 0 Å². The molecule has 0 unspecified atom stereocenters. The molecule has 0 radical (unpaired) electrons. The summed E-state index contributed by atoms with van der Waals surface area (Å²) in [7, 11) is 0. The second-order valence-corrected chi connectivity index (χ2v) is 4.92. The average Bonchev–Trinajstić information content (AvgIpc) is 2.28. The molecule has 1 heterocycles. The van der Waals surface area contributed by atoms with Crippen molar-refractivity contribution in [2.75, 3.05) is 23.8 Å². The first kappa shape index (κ1) is 14.7. The molecule has 1 aromatic rings. The van der Waals surface area contributed by atoms with E-state index in [1.54, 1.807) is 0 Å². The summed E-state index contributed by atoms with van der Waals surface area (Å²) in [5.74, 6) is 2.46. The van der Waals surface area contributed by atoms with Crippen LogP contribution in [0.25, 0.3) is 0 Å². The van der Waals surface area contributed by atoms with Crippen LogP contribution < -0.4 is 10.6 Å². The normalized spacial score (nSPS) is 11.4. The SMILES string of the molecule is CCNc1cc(NC(C)(C)CCO)nc(CC)n1. The first-order valence-electron chi connectivity index (χ1n) is 6.51. The van der Waals surface area contributed by atoms with Crippen LogP contribution in [0, 0.1) is 0 Å². The molecule has 102 valence electrons. The number of nitrogens with zero attached hydrogens (tertiary/aromatic N) is 2. The van der Waals surface area contributed by atoms with Crippen LogP contribution in [0.3, 0.4) is 0 Å². The van der Waals surface area contributed by atoms with Crippen LogP contribution in [0.1, 0.15) is 39.9 Å². The molecule has 0 spiro atoms. The average molecular weight is 252 g/mol. The Morgan fingerprint density at radius 1 is 1.22 bits per heavy atom. The van der Waals surface area contributed by atoms with E-state index >= 15 is 0 Å². The van der Waals surface area contributed by atoms with Crippen LogP contribution in [0.2, 0.25) is 0 Å². The number of anilines is 2. The summed E-state index contributed by atoms with van der Waals surface area (Å²) in [6.45, 7) is 9.16. The topological polar surface area (TPSA) is 70.1 Å². The van der Waals surface area contributed by atoms with Crippen LogP contribution in [0.15, 0.2) is 6.07 Å². The Bertz CT molecular complexity index is 379. The molecule has 0 fully saturated rings. The number of hydrogen-bond donors (Lipinski definition) is 3. The number of hydrogen-bond acceptors (Lipinski definition) is 5. The van der Waals surface area contributed by atoms with E-state index in [0.717, 1.165) is 30.4 Å². The minimum atomic E-state index is -0.183. The van der Waals surface area contributed by atoms with Gasteiger partial charge in [-0.05, 0) is 27.2 Å². The van der Waals surface area contributed by atoms with E-state index in [0.29, 0.717) is 6.42 Å². The van der Waals surface area contributed by atoms with Gasteiger partial charge in [-0.25, -0.2) is 9.97 Å². The summed E-state index contributed by atoms with van der Waals surface area (Å²) in [5.41, 5.74) is -0.183. The van der Waals surface area contributed by atoms with Crippen molar-refractivity contribution in [1.29, 1.82) is 0 Å². The minimum Gasteiger partial charge on any atom is -0.396 e. The third-order valence-electron chi connectivity index (χ3n) is 2.65. The van der Waals surface area contributed by atoms with Gasteiger partial charge in [-0.15, -0.1) is 0 Å². The molecular weight excluding hydrogens is 228 g/mol. The lowest BCUT2D eigenvalue weighted by Crippen LogP contribution is -2.32. The predicted octanol–water partition coefficient (Wildman–Crippen LogP) is 2.04. The van der Waals surface area contributed by atoms with Crippen molar-refractivity contribution in [2.24, 2.45) is 0 Å². The van der Waals surface area contributed by atoms with Gasteiger partial charge in [0, 0.05) is 31.2 Å². The van der Waals surface area contributed by atoms with Crippen molar-refractivity contribution in [3.63, 3.8) is 0 Å². The molecule has 0 aromatic carbocycles. The standard InChI is InChI=1S/C13H24N4O/c1-5-10-15-11(14-6-2)9-12(16-10)17-13(3,4)7-8-18/h9,18H,5-8H2,1-4H3,(H2,14,15,16,17). The molecule has 0 amide bonds. The summed E-state index contributed by atoms with van der Waals surface area (Å²) in [4.78, 5) is 8.86. The van der Waals surface area contributed by atoms with Gasteiger partial charge >= 0.3 is 0 Å². The molecule has 0 saturated carbocycles. The Kier molecular flexibility index (Phi) is 5.34. The first-order chi connectivity index (χ1) is 8.50. The Labute approximate surface area is 109 Å². The molecular formula is C13H24N4O. The van der Waals surface area contributed by atoms with Gasteiger partial charge in [-0.3, -0.25) is 0 Å². The highest BCUT2D eigenvalue weighted by molar-refractivity contribution is 5.48. The van der Waals surface area contributed by atoms with Crippen LogP contribution in [0.5, 0.6) is 0 Å². The lowest BCUT2D eigenvalue weighted by Gasteiger charge is -2.26. The van der Waals surface area contributed by atoms with Gasteiger partial charge in [0.2, 0.25) is 0 Å². The molecule has 18 heavy (non-hydrogen) atoms. The minimum absolute atomic E-state index is 0.159. The number of rotatable bonds is 7. The van der Waals surface area contributed by atoms with E-state index in [9.17, 15) is 0 Å². The smallest absolute Gasteiger partial charge is 0.132 e. The molecule has 3 N–H and O–H groups in total. The molecule has 1 rings (SSSR count). The van der Waals surface area contributed by atoms with Crippen molar-refractivity contribution in [1.82, 2.24) is 9.97 Å². The molecule has 5 nitrogen and oxygen atoms in total. The second-order valence-electron chi connectivity index (χ2n) is 4.92. The zero-order valence-electron chi connectivity index (χ0n) is 11.7. The fourth-order valence-corrected chi connectivity index (χ4v) is 1.68. The van der Waals surface area contributed by atoms with Gasteiger partial charge < -0.3 is 15.7 Å². The Balaban J connectivity index is 2.90. The maximum atomic E-state index is 9.03. The number of nitrogens with one attached hydrogen (secondary N) is 2. The quantitative estimate of drug-likeness (QED) is 0.693. The zero-order valence-corrected chi connectivity index (χ0v) is 11.7. The third kappa shape index (κ3) is 4.49. The van der Waals surface area contributed by atoms with Crippen molar-refractivity contribution in [2.45, 2.75) is 46.1 Å². The molecule has 0 aliphatic heterocycles. The molecule has 0 bridgehead atoms. The van der Waals surface area contributed by atoms with Crippen molar-refractivity contribution in [3.05, 3.63) is 11.9 Å². The summed E-state index contributed by atoms with van der Waals surface area (Å²) in [6.07, 6.45) is 1.48. The zero-order chi connectivity index (χ0) is 13.6. The fourth-order valence-electron chi connectivity index (χ4n) is 1.68. The molecule has 5 heteroatoms. The lowest BCUT2D eigenvalue weighted by molar-refractivity contribution is 0.260. The predicted molar refractivity (Wildman–Crippen MR) is 75.0 cm³/mol. The van der Waals surface area contributed by atoms with Crippen LogP contribution >= 0.6 is 0 Å². The van der Waals surface area contributed by atoms with Crippen molar-refractivity contribution >= 4 is 11.6 Å². The summed E-state index contributed by atoms with van der Waals surface area (Å²) in [6, 6.07) is 1.90. The van der Waals surface area contributed by atoms with Crippen molar-refractivity contribution in [3.8, 4) is 0 Å². The Hall–Kier alpha value is -1.36. The van der Waals surface area contributed by atoms with Crippen LogP contribution in [-0.4, -0.2) is 33.8 Å². The van der Waals surface area contributed by atoms with E-state index in [4.69, 9.17) is 5.11 Å². The van der Waals surface area contributed by atoms with E-state index in [1.165, 1.54) is 0 Å². The summed E-state index contributed by atoms with van der Waals surface area (Å²) in [5, 5.41) is 15.6. The molecule has 0 saturated heterocycles. The largest absolute Gasteiger partial charge is 0.396 e. The van der Waals surface area contributed by atoms with E-state index in [1.807, 2.05) is 33.8 Å². The van der Waals surface area contributed by atoms with E-state index in [2.05, 4.69) is 20.6 Å².